The maximum atomic E-state index is 13.8. The van der Waals surface area contributed by atoms with Gasteiger partial charge in [0.1, 0.15) is 17.3 Å². The predicted molar refractivity (Wildman–Crippen MR) is 104 cm³/mol. The quantitative estimate of drug-likeness (QED) is 0.884. The molecule has 2 atom stereocenters. The zero-order chi connectivity index (χ0) is 19.3. The van der Waals surface area contributed by atoms with Gasteiger partial charge in [-0.25, -0.2) is 9.37 Å². The second-order valence-corrected chi connectivity index (χ2v) is 9.22. The molecule has 2 aromatic heterocycles. The summed E-state index contributed by atoms with van der Waals surface area (Å²) in [6.45, 7) is 9.98. The van der Waals surface area contributed by atoms with Crippen LogP contribution in [0.2, 0.25) is 0 Å². The van der Waals surface area contributed by atoms with Gasteiger partial charge in [0, 0.05) is 36.7 Å². The maximum absolute atomic E-state index is 13.8. The molecule has 0 spiro atoms. The van der Waals surface area contributed by atoms with E-state index in [1.54, 1.807) is 6.07 Å². The summed E-state index contributed by atoms with van der Waals surface area (Å²) in [5.74, 6) is 1.99. The molecule has 6 heteroatoms. The summed E-state index contributed by atoms with van der Waals surface area (Å²) in [7, 11) is 0. The summed E-state index contributed by atoms with van der Waals surface area (Å²) in [6, 6.07) is 3.17. The van der Waals surface area contributed by atoms with Gasteiger partial charge in [-0.15, -0.1) is 0 Å². The van der Waals surface area contributed by atoms with Crippen LogP contribution in [0, 0.1) is 17.7 Å². The number of nitrogens with zero attached hydrogens (tertiary/aromatic N) is 3. The summed E-state index contributed by atoms with van der Waals surface area (Å²) in [5.41, 5.74) is 1.58. The van der Waals surface area contributed by atoms with Crippen LogP contribution >= 0.6 is 0 Å². The van der Waals surface area contributed by atoms with Crippen LogP contribution in [0.25, 0.3) is 5.65 Å². The molecular weight excluding hydrogens is 343 g/mol. The Hall–Kier alpha value is -2.11. The van der Waals surface area contributed by atoms with Crippen molar-refractivity contribution in [1.82, 2.24) is 14.3 Å². The first-order chi connectivity index (χ1) is 12.7. The molecule has 2 aromatic rings. The van der Waals surface area contributed by atoms with E-state index in [1.165, 1.54) is 12.3 Å². The van der Waals surface area contributed by atoms with Crippen molar-refractivity contribution in [1.29, 1.82) is 0 Å². The van der Waals surface area contributed by atoms with Crippen LogP contribution in [-0.2, 0) is 4.79 Å². The molecule has 27 heavy (non-hydrogen) atoms. The van der Waals surface area contributed by atoms with E-state index in [-0.39, 0.29) is 23.2 Å². The number of hydrogen-bond acceptors (Lipinski definition) is 3. The van der Waals surface area contributed by atoms with Crippen molar-refractivity contribution in [3.8, 4) is 0 Å². The number of imidazole rings is 1. The monoisotopic (exact) mass is 372 g/mol. The average molecular weight is 372 g/mol. The van der Waals surface area contributed by atoms with Crippen molar-refractivity contribution in [2.75, 3.05) is 18.4 Å². The van der Waals surface area contributed by atoms with Gasteiger partial charge in [0.05, 0.1) is 5.69 Å². The number of anilines is 1. The highest BCUT2D eigenvalue weighted by molar-refractivity contribution is 5.81. The summed E-state index contributed by atoms with van der Waals surface area (Å²) in [5, 5.41) is 3.52. The lowest BCUT2D eigenvalue weighted by atomic mass is 9.92. The standard InChI is InChI=1S/C21H29FN4O/c1-13-11-16(13)20(27)25-9-7-14(8-10-25)18-19(24-21(2,3)4)26-12-15(22)5-6-17(26)23-18/h5-6,12-14,16,24H,7-11H2,1-4H3. The van der Waals surface area contributed by atoms with Crippen molar-refractivity contribution in [2.24, 2.45) is 11.8 Å². The van der Waals surface area contributed by atoms with E-state index in [0.29, 0.717) is 11.8 Å². The number of aromatic nitrogens is 2. The van der Waals surface area contributed by atoms with Crippen molar-refractivity contribution >= 4 is 17.4 Å². The Labute approximate surface area is 160 Å². The van der Waals surface area contributed by atoms with Crippen molar-refractivity contribution in [2.45, 2.75) is 58.4 Å². The Kier molecular flexibility index (Phi) is 4.40. The summed E-state index contributed by atoms with van der Waals surface area (Å²) < 4.78 is 15.7. The highest BCUT2D eigenvalue weighted by Crippen LogP contribution is 2.41. The first-order valence-electron chi connectivity index (χ1n) is 9.97. The van der Waals surface area contributed by atoms with Crippen molar-refractivity contribution in [3.05, 3.63) is 29.8 Å². The highest BCUT2D eigenvalue weighted by Gasteiger charge is 2.42. The van der Waals surface area contributed by atoms with Crippen LogP contribution in [-0.4, -0.2) is 38.8 Å². The fourth-order valence-electron chi connectivity index (χ4n) is 4.08. The van der Waals surface area contributed by atoms with Gasteiger partial charge in [-0.2, -0.15) is 0 Å². The maximum Gasteiger partial charge on any atom is 0.225 e. The first-order valence-corrected chi connectivity index (χ1v) is 9.97. The third kappa shape index (κ3) is 3.66. The SMILES string of the molecule is CC1CC1C(=O)N1CCC(c2nc3ccc(F)cn3c2NC(C)(C)C)CC1. The van der Waals surface area contributed by atoms with E-state index in [1.807, 2.05) is 9.30 Å². The van der Waals surface area contributed by atoms with Gasteiger partial charge in [-0.3, -0.25) is 9.20 Å². The molecule has 0 radical (unpaired) electrons. The summed E-state index contributed by atoms with van der Waals surface area (Å²) >= 11 is 0. The molecule has 1 amide bonds. The zero-order valence-corrected chi connectivity index (χ0v) is 16.6. The minimum absolute atomic E-state index is 0.157. The van der Waals surface area contributed by atoms with Gasteiger partial charge in [0.2, 0.25) is 5.91 Å². The number of piperidine rings is 1. The first kappa shape index (κ1) is 18.3. The number of nitrogens with one attached hydrogen (secondary N) is 1. The number of pyridine rings is 1. The van der Waals surface area contributed by atoms with Crippen LogP contribution in [0.1, 0.15) is 58.6 Å². The average Bonchev–Trinajstić information content (AvgIpc) is 3.25. The van der Waals surface area contributed by atoms with E-state index >= 15 is 0 Å². The lowest BCUT2D eigenvalue weighted by Crippen LogP contribution is -2.39. The topological polar surface area (TPSA) is 49.6 Å². The second-order valence-electron chi connectivity index (χ2n) is 9.22. The number of carbonyl (C=O) groups is 1. The molecule has 0 aromatic carbocycles. The Balaban J connectivity index is 1.58. The Bertz CT molecular complexity index is 861. The molecule has 2 aliphatic rings. The largest absolute Gasteiger partial charge is 0.365 e. The number of fused-ring (bicyclic) bond motifs is 1. The third-order valence-electron chi connectivity index (χ3n) is 5.72. The molecule has 3 heterocycles. The molecule has 2 fully saturated rings. The molecule has 1 saturated heterocycles. The van der Waals surface area contributed by atoms with E-state index < -0.39 is 0 Å². The van der Waals surface area contributed by atoms with Crippen LogP contribution in [0.5, 0.6) is 0 Å². The smallest absolute Gasteiger partial charge is 0.225 e. The van der Waals surface area contributed by atoms with Crippen molar-refractivity contribution < 1.29 is 9.18 Å². The zero-order valence-electron chi connectivity index (χ0n) is 16.6. The number of halogens is 1. The molecular formula is C21H29FN4O. The van der Waals surface area contributed by atoms with Crippen LogP contribution in [0.4, 0.5) is 10.2 Å². The number of carbonyl (C=O) groups excluding carboxylic acids is 1. The molecule has 4 rings (SSSR count). The van der Waals surface area contributed by atoms with Gasteiger partial charge >= 0.3 is 0 Å². The second kappa shape index (κ2) is 6.50. The van der Waals surface area contributed by atoms with E-state index in [2.05, 4.69) is 33.0 Å². The molecule has 0 bridgehead atoms. The number of amides is 1. The fraction of sp³-hybridized carbons (Fsp3) is 0.619. The Morgan fingerprint density at radius 2 is 1.93 bits per heavy atom. The van der Waals surface area contributed by atoms with Crippen LogP contribution in [0.3, 0.4) is 0 Å². The molecule has 1 aliphatic heterocycles. The molecule has 1 N–H and O–H groups in total. The number of hydrogen-bond donors (Lipinski definition) is 1. The van der Waals surface area contributed by atoms with Crippen LogP contribution < -0.4 is 5.32 Å². The lowest BCUT2D eigenvalue weighted by Gasteiger charge is -2.32. The molecule has 2 unspecified atom stereocenters. The lowest BCUT2D eigenvalue weighted by molar-refractivity contribution is -0.133. The highest BCUT2D eigenvalue weighted by atomic mass is 19.1. The van der Waals surface area contributed by atoms with E-state index in [9.17, 15) is 9.18 Å². The third-order valence-corrected chi connectivity index (χ3v) is 5.72. The van der Waals surface area contributed by atoms with E-state index in [4.69, 9.17) is 4.98 Å². The Morgan fingerprint density at radius 1 is 1.26 bits per heavy atom. The molecule has 5 nitrogen and oxygen atoms in total. The van der Waals surface area contributed by atoms with Gasteiger partial charge in [0.15, 0.2) is 0 Å². The number of rotatable bonds is 3. The summed E-state index contributed by atoms with van der Waals surface area (Å²) in [6.07, 6.45) is 4.33. The summed E-state index contributed by atoms with van der Waals surface area (Å²) in [4.78, 5) is 19.3. The molecule has 146 valence electrons. The van der Waals surface area contributed by atoms with Crippen LogP contribution in [0.15, 0.2) is 18.3 Å². The normalized spacial score (nSPS) is 23.7. The minimum Gasteiger partial charge on any atom is -0.365 e. The molecule has 1 aliphatic carbocycles. The van der Waals surface area contributed by atoms with Gasteiger partial charge in [-0.1, -0.05) is 6.92 Å². The van der Waals surface area contributed by atoms with Gasteiger partial charge in [0.25, 0.3) is 0 Å². The minimum atomic E-state index is -0.276. The Morgan fingerprint density at radius 3 is 2.52 bits per heavy atom. The van der Waals surface area contributed by atoms with E-state index in [0.717, 1.165) is 49.5 Å². The fourth-order valence-corrected chi connectivity index (χ4v) is 4.08. The van der Waals surface area contributed by atoms with Gasteiger partial charge < -0.3 is 10.2 Å². The predicted octanol–water partition coefficient (Wildman–Crippen LogP) is 4.05. The van der Waals surface area contributed by atoms with Gasteiger partial charge in [-0.05, 0) is 58.1 Å². The number of likely N-dealkylation sites (tertiary alicyclic amines) is 1. The van der Waals surface area contributed by atoms with Crippen molar-refractivity contribution in [3.63, 3.8) is 0 Å². The molecule has 1 saturated carbocycles.